The van der Waals surface area contributed by atoms with Crippen molar-refractivity contribution in [2.24, 2.45) is 0 Å². The van der Waals surface area contributed by atoms with E-state index in [1.807, 2.05) is 42.5 Å². The van der Waals surface area contributed by atoms with Crippen LogP contribution in [0.1, 0.15) is 5.56 Å². The van der Waals surface area contributed by atoms with E-state index in [4.69, 9.17) is 0 Å². The molecule has 3 heteroatoms. The van der Waals surface area contributed by atoms with Crippen LogP contribution in [0.4, 0.5) is 10.1 Å². The zero-order chi connectivity index (χ0) is 15.4. The van der Waals surface area contributed by atoms with Gasteiger partial charge in [0.05, 0.1) is 0 Å². The Labute approximate surface area is 127 Å². The molecule has 0 saturated carbocycles. The van der Waals surface area contributed by atoms with Gasteiger partial charge in [0.25, 0.3) is 0 Å². The summed E-state index contributed by atoms with van der Waals surface area (Å²) in [5, 5.41) is 4.90. The Bertz CT molecular complexity index is 849. The first-order valence-corrected chi connectivity index (χ1v) is 6.95. The number of amides is 1. The Balaban J connectivity index is 1.79. The summed E-state index contributed by atoms with van der Waals surface area (Å²) in [7, 11) is 0. The number of carbonyl (C=O) groups excluding carboxylic acids is 1. The number of fused-ring (bicyclic) bond motifs is 1. The summed E-state index contributed by atoms with van der Waals surface area (Å²) >= 11 is 0. The van der Waals surface area contributed by atoms with Crippen LogP contribution in [0.5, 0.6) is 0 Å². The molecule has 1 N–H and O–H groups in total. The molecule has 0 saturated heterocycles. The lowest BCUT2D eigenvalue weighted by molar-refractivity contribution is -0.111. The summed E-state index contributed by atoms with van der Waals surface area (Å²) in [6, 6.07) is 19.7. The van der Waals surface area contributed by atoms with Gasteiger partial charge in [-0.25, -0.2) is 4.39 Å². The molecule has 0 bridgehead atoms. The number of halogens is 1. The summed E-state index contributed by atoms with van der Waals surface area (Å²) in [5.41, 5.74) is 1.40. The lowest BCUT2D eigenvalue weighted by atomic mass is 10.1. The third kappa shape index (κ3) is 3.20. The Kier molecular flexibility index (Phi) is 3.97. The fraction of sp³-hybridized carbons (Fsp3) is 0. The SMILES string of the molecule is O=C(C=Cc1cccc(F)c1)Nc1cccc2ccccc12. The van der Waals surface area contributed by atoms with Gasteiger partial charge in [0.1, 0.15) is 5.82 Å². The highest BCUT2D eigenvalue weighted by Gasteiger charge is 2.02. The molecule has 0 aromatic heterocycles. The number of hydrogen-bond acceptors (Lipinski definition) is 1. The zero-order valence-electron chi connectivity index (χ0n) is 11.8. The summed E-state index contributed by atoms with van der Waals surface area (Å²) < 4.78 is 13.1. The summed E-state index contributed by atoms with van der Waals surface area (Å²) in [5.74, 6) is -0.572. The van der Waals surface area contributed by atoms with Gasteiger partial charge in [0.2, 0.25) is 5.91 Å². The minimum atomic E-state index is -0.323. The second-order valence-electron chi connectivity index (χ2n) is 4.90. The van der Waals surface area contributed by atoms with Crippen LogP contribution < -0.4 is 5.32 Å². The third-order valence-electron chi connectivity index (χ3n) is 3.32. The molecule has 0 atom stereocenters. The van der Waals surface area contributed by atoms with E-state index in [1.54, 1.807) is 18.2 Å². The maximum absolute atomic E-state index is 13.1. The second-order valence-corrected chi connectivity index (χ2v) is 4.90. The topological polar surface area (TPSA) is 29.1 Å². The summed E-state index contributed by atoms with van der Waals surface area (Å²) in [4.78, 5) is 12.0. The predicted octanol–water partition coefficient (Wildman–Crippen LogP) is 4.63. The van der Waals surface area contributed by atoms with Crippen molar-refractivity contribution in [1.29, 1.82) is 0 Å². The Hall–Kier alpha value is -2.94. The molecule has 0 unspecified atom stereocenters. The monoisotopic (exact) mass is 291 g/mol. The molecule has 0 fully saturated rings. The van der Waals surface area contributed by atoms with E-state index in [0.717, 1.165) is 16.5 Å². The van der Waals surface area contributed by atoms with Crippen LogP contribution in [0.3, 0.4) is 0 Å². The van der Waals surface area contributed by atoms with Crippen molar-refractivity contribution >= 4 is 28.4 Å². The lowest BCUT2D eigenvalue weighted by Gasteiger charge is -2.06. The van der Waals surface area contributed by atoms with Crippen molar-refractivity contribution in [2.45, 2.75) is 0 Å². The van der Waals surface area contributed by atoms with Gasteiger partial charge in [-0.2, -0.15) is 0 Å². The van der Waals surface area contributed by atoms with Gasteiger partial charge < -0.3 is 5.32 Å². The van der Waals surface area contributed by atoms with Gasteiger partial charge in [-0.3, -0.25) is 4.79 Å². The van der Waals surface area contributed by atoms with Crippen molar-refractivity contribution < 1.29 is 9.18 Å². The van der Waals surface area contributed by atoms with E-state index in [0.29, 0.717) is 5.56 Å². The molecule has 22 heavy (non-hydrogen) atoms. The highest BCUT2D eigenvalue weighted by atomic mass is 19.1. The maximum atomic E-state index is 13.1. The highest BCUT2D eigenvalue weighted by Crippen LogP contribution is 2.22. The fourth-order valence-corrected chi connectivity index (χ4v) is 2.29. The molecule has 0 aliphatic heterocycles. The first-order valence-electron chi connectivity index (χ1n) is 6.95. The number of benzene rings is 3. The maximum Gasteiger partial charge on any atom is 0.248 e. The highest BCUT2D eigenvalue weighted by molar-refractivity contribution is 6.07. The molecular weight excluding hydrogens is 277 g/mol. The van der Waals surface area contributed by atoms with Crippen molar-refractivity contribution in [3.8, 4) is 0 Å². The molecule has 0 radical (unpaired) electrons. The van der Waals surface area contributed by atoms with Gasteiger partial charge in [0.15, 0.2) is 0 Å². The first kappa shape index (κ1) is 14.0. The van der Waals surface area contributed by atoms with Crippen LogP contribution in [0.25, 0.3) is 16.8 Å². The molecule has 3 rings (SSSR count). The Morgan fingerprint density at radius 3 is 2.59 bits per heavy atom. The van der Waals surface area contributed by atoms with E-state index < -0.39 is 0 Å². The van der Waals surface area contributed by atoms with Crippen LogP contribution in [0.2, 0.25) is 0 Å². The quantitative estimate of drug-likeness (QED) is 0.700. The van der Waals surface area contributed by atoms with E-state index in [2.05, 4.69) is 5.32 Å². The minimum absolute atomic E-state index is 0.249. The molecule has 108 valence electrons. The van der Waals surface area contributed by atoms with Crippen LogP contribution in [0, 0.1) is 5.82 Å². The average molecular weight is 291 g/mol. The van der Waals surface area contributed by atoms with E-state index in [-0.39, 0.29) is 11.7 Å². The van der Waals surface area contributed by atoms with Crippen LogP contribution in [-0.4, -0.2) is 5.91 Å². The van der Waals surface area contributed by atoms with Crippen LogP contribution >= 0.6 is 0 Å². The Morgan fingerprint density at radius 2 is 1.73 bits per heavy atom. The van der Waals surface area contributed by atoms with Crippen LogP contribution in [0.15, 0.2) is 72.8 Å². The molecule has 0 aliphatic rings. The first-order chi connectivity index (χ1) is 10.7. The van der Waals surface area contributed by atoms with Gasteiger partial charge in [-0.05, 0) is 35.2 Å². The van der Waals surface area contributed by atoms with Crippen molar-refractivity contribution in [3.05, 3.63) is 84.2 Å². The van der Waals surface area contributed by atoms with Gasteiger partial charge >= 0.3 is 0 Å². The minimum Gasteiger partial charge on any atom is -0.322 e. The number of anilines is 1. The van der Waals surface area contributed by atoms with E-state index in [1.165, 1.54) is 18.2 Å². The molecule has 2 nitrogen and oxygen atoms in total. The summed E-state index contributed by atoms with van der Waals surface area (Å²) in [6.07, 6.45) is 2.99. The van der Waals surface area contributed by atoms with Gasteiger partial charge in [-0.15, -0.1) is 0 Å². The molecule has 0 aliphatic carbocycles. The van der Waals surface area contributed by atoms with E-state index >= 15 is 0 Å². The molecule has 3 aromatic carbocycles. The van der Waals surface area contributed by atoms with Crippen molar-refractivity contribution in [3.63, 3.8) is 0 Å². The second kappa shape index (κ2) is 6.22. The molecule has 0 spiro atoms. The lowest BCUT2D eigenvalue weighted by Crippen LogP contribution is -2.07. The fourth-order valence-electron chi connectivity index (χ4n) is 2.29. The smallest absolute Gasteiger partial charge is 0.248 e. The van der Waals surface area contributed by atoms with Crippen LogP contribution in [-0.2, 0) is 4.79 Å². The molecule has 3 aromatic rings. The normalized spacial score (nSPS) is 11.0. The van der Waals surface area contributed by atoms with E-state index in [9.17, 15) is 9.18 Å². The predicted molar refractivity (Wildman–Crippen MR) is 88.0 cm³/mol. The number of carbonyl (C=O) groups is 1. The van der Waals surface area contributed by atoms with Gasteiger partial charge in [0, 0.05) is 17.1 Å². The number of nitrogens with one attached hydrogen (secondary N) is 1. The standard InChI is InChI=1S/C19H14FNO/c20-16-8-3-5-14(13-16)11-12-19(22)21-18-10-4-7-15-6-1-2-9-17(15)18/h1-13H,(H,21,22). The Morgan fingerprint density at radius 1 is 0.955 bits per heavy atom. The third-order valence-corrected chi connectivity index (χ3v) is 3.32. The molecule has 1 amide bonds. The zero-order valence-corrected chi connectivity index (χ0v) is 11.8. The number of rotatable bonds is 3. The molecule has 0 heterocycles. The van der Waals surface area contributed by atoms with Gasteiger partial charge in [-0.1, -0.05) is 48.5 Å². The average Bonchev–Trinajstić information content (AvgIpc) is 2.53. The largest absolute Gasteiger partial charge is 0.322 e. The summed E-state index contributed by atoms with van der Waals surface area (Å²) in [6.45, 7) is 0. The molecular formula is C19H14FNO. The number of hydrogen-bond donors (Lipinski definition) is 1. The van der Waals surface area contributed by atoms with Crippen molar-refractivity contribution in [2.75, 3.05) is 5.32 Å². The van der Waals surface area contributed by atoms with Crippen molar-refractivity contribution in [1.82, 2.24) is 0 Å².